The van der Waals surface area contributed by atoms with Gasteiger partial charge in [-0.1, -0.05) is 0 Å². The molecular weight excluding hydrogens is 186 g/mol. The van der Waals surface area contributed by atoms with E-state index in [0.29, 0.717) is 13.0 Å². The summed E-state index contributed by atoms with van der Waals surface area (Å²) in [5.74, 6) is -0.393. The van der Waals surface area contributed by atoms with E-state index in [1.807, 2.05) is 0 Å². The maximum absolute atomic E-state index is 11.2. The lowest BCUT2D eigenvalue weighted by Gasteiger charge is -2.20. The molecule has 0 aromatic carbocycles. The SMILES string of the molecule is CC(C)(C)OC(=O)N[C@@H]1CCOC1=O. The Kier molecular flexibility index (Phi) is 2.98. The Balaban J connectivity index is 2.37. The van der Waals surface area contributed by atoms with E-state index >= 15 is 0 Å². The van der Waals surface area contributed by atoms with E-state index < -0.39 is 23.7 Å². The number of carbonyl (C=O) groups excluding carboxylic acids is 2. The van der Waals surface area contributed by atoms with E-state index in [4.69, 9.17) is 4.74 Å². The van der Waals surface area contributed by atoms with Crippen LogP contribution in [0.15, 0.2) is 0 Å². The molecule has 0 saturated carbocycles. The molecule has 0 aromatic heterocycles. The molecule has 0 radical (unpaired) electrons. The fourth-order valence-corrected chi connectivity index (χ4v) is 1.08. The van der Waals surface area contributed by atoms with Crippen molar-refractivity contribution in [2.75, 3.05) is 6.61 Å². The van der Waals surface area contributed by atoms with Crippen LogP contribution in [-0.2, 0) is 14.3 Å². The van der Waals surface area contributed by atoms with Crippen LogP contribution in [0.3, 0.4) is 0 Å². The van der Waals surface area contributed by atoms with E-state index in [1.54, 1.807) is 20.8 Å². The molecule has 1 heterocycles. The Morgan fingerprint density at radius 2 is 2.21 bits per heavy atom. The summed E-state index contributed by atoms with van der Waals surface area (Å²) in [6.45, 7) is 5.65. The van der Waals surface area contributed by atoms with Crippen LogP contribution in [0.2, 0.25) is 0 Å². The summed E-state index contributed by atoms with van der Waals surface area (Å²) >= 11 is 0. The van der Waals surface area contributed by atoms with E-state index in [0.717, 1.165) is 0 Å². The lowest BCUT2D eigenvalue weighted by atomic mass is 10.2. The fraction of sp³-hybridized carbons (Fsp3) is 0.778. The normalized spacial score (nSPS) is 21.6. The number of amides is 1. The molecule has 1 saturated heterocycles. The highest BCUT2D eigenvalue weighted by Gasteiger charge is 2.29. The Morgan fingerprint density at radius 1 is 1.57 bits per heavy atom. The average Bonchev–Trinajstić information content (AvgIpc) is 2.32. The molecule has 0 aromatic rings. The van der Waals surface area contributed by atoms with Crippen molar-refractivity contribution < 1.29 is 19.1 Å². The second kappa shape index (κ2) is 3.86. The van der Waals surface area contributed by atoms with Gasteiger partial charge in [-0.25, -0.2) is 9.59 Å². The van der Waals surface area contributed by atoms with Gasteiger partial charge in [0.1, 0.15) is 11.6 Å². The molecule has 5 heteroatoms. The molecule has 1 N–H and O–H groups in total. The van der Waals surface area contributed by atoms with Crippen LogP contribution >= 0.6 is 0 Å². The number of hydrogen-bond acceptors (Lipinski definition) is 4. The van der Waals surface area contributed by atoms with Gasteiger partial charge in [-0.05, 0) is 20.8 Å². The minimum Gasteiger partial charge on any atom is -0.464 e. The van der Waals surface area contributed by atoms with E-state index in [2.05, 4.69) is 10.1 Å². The Labute approximate surface area is 82.8 Å². The minimum atomic E-state index is -0.582. The molecule has 1 aliphatic heterocycles. The Bertz CT molecular complexity index is 244. The number of carbonyl (C=O) groups is 2. The topological polar surface area (TPSA) is 64.6 Å². The number of cyclic esters (lactones) is 1. The van der Waals surface area contributed by atoms with Gasteiger partial charge in [0.05, 0.1) is 6.61 Å². The summed E-state index contributed by atoms with van der Waals surface area (Å²) in [6.07, 6.45) is -0.0701. The Hall–Kier alpha value is -1.26. The molecule has 80 valence electrons. The first kappa shape index (κ1) is 10.8. The fourth-order valence-electron chi connectivity index (χ4n) is 1.08. The van der Waals surface area contributed by atoms with Crippen LogP contribution in [0.5, 0.6) is 0 Å². The third kappa shape index (κ3) is 3.24. The van der Waals surface area contributed by atoms with Gasteiger partial charge in [0.25, 0.3) is 0 Å². The molecule has 0 bridgehead atoms. The van der Waals surface area contributed by atoms with Gasteiger partial charge in [0.2, 0.25) is 0 Å². The number of hydrogen-bond donors (Lipinski definition) is 1. The number of rotatable bonds is 1. The summed E-state index contributed by atoms with van der Waals surface area (Å²) in [4.78, 5) is 22.2. The van der Waals surface area contributed by atoms with Crippen LogP contribution in [0.1, 0.15) is 27.2 Å². The van der Waals surface area contributed by atoms with E-state index in [-0.39, 0.29) is 0 Å². The molecule has 1 atom stereocenters. The lowest BCUT2D eigenvalue weighted by Crippen LogP contribution is -2.41. The second-order valence-corrected chi connectivity index (χ2v) is 4.15. The van der Waals surface area contributed by atoms with Crippen molar-refractivity contribution >= 4 is 12.1 Å². The minimum absolute atomic E-state index is 0.360. The molecule has 1 fully saturated rings. The van der Waals surface area contributed by atoms with Crippen molar-refractivity contribution in [1.29, 1.82) is 0 Å². The van der Waals surface area contributed by atoms with Crippen molar-refractivity contribution in [3.63, 3.8) is 0 Å². The van der Waals surface area contributed by atoms with Gasteiger partial charge >= 0.3 is 12.1 Å². The molecule has 1 aliphatic rings. The lowest BCUT2D eigenvalue weighted by molar-refractivity contribution is -0.139. The maximum Gasteiger partial charge on any atom is 0.408 e. The summed E-state index contributed by atoms with van der Waals surface area (Å²) in [7, 11) is 0. The molecule has 0 aliphatic carbocycles. The van der Waals surface area contributed by atoms with Gasteiger partial charge in [-0.15, -0.1) is 0 Å². The summed E-state index contributed by atoms with van der Waals surface area (Å²) < 4.78 is 9.68. The van der Waals surface area contributed by atoms with Crippen molar-refractivity contribution in [1.82, 2.24) is 5.32 Å². The van der Waals surface area contributed by atoms with E-state index in [1.165, 1.54) is 0 Å². The highest BCUT2D eigenvalue weighted by Crippen LogP contribution is 2.09. The number of ether oxygens (including phenoxy) is 2. The van der Waals surface area contributed by atoms with Gasteiger partial charge in [0, 0.05) is 6.42 Å². The largest absolute Gasteiger partial charge is 0.464 e. The predicted octanol–water partition coefficient (Wildman–Crippen LogP) is 0.827. The van der Waals surface area contributed by atoms with Crippen LogP contribution in [-0.4, -0.2) is 30.3 Å². The monoisotopic (exact) mass is 201 g/mol. The van der Waals surface area contributed by atoms with Gasteiger partial charge < -0.3 is 14.8 Å². The standard InChI is InChI=1S/C9H15NO4/c1-9(2,3)14-8(12)10-6-4-5-13-7(6)11/h6H,4-5H2,1-3H3,(H,10,12)/t6-/m1/s1. The smallest absolute Gasteiger partial charge is 0.408 e. The van der Waals surface area contributed by atoms with Crippen LogP contribution in [0, 0.1) is 0 Å². The first-order valence-electron chi connectivity index (χ1n) is 4.54. The van der Waals surface area contributed by atoms with Crippen molar-refractivity contribution in [2.24, 2.45) is 0 Å². The Morgan fingerprint density at radius 3 is 2.64 bits per heavy atom. The van der Waals surface area contributed by atoms with Gasteiger partial charge in [0.15, 0.2) is 0 Å². The molecular formula is C9H15NO4. The maximum atomic E-state index is 11.2. The second-order valence-electron chi connectivity index (χ2n) is 4.15. The zero-order valence-electron chi connectivity index (χ0n) is 8.62. The molecule has 5 nitrogen and oxygen atoms in total. The van der Waals surface area contributed by atoms with Crippen LogP contribution in [0.25, 0.3) is 0 Å². The highest BCUT2D eigenvalue weighted by atomic mass is 16.6. The number of esters is 1. The van der Waals surface area contributed by atoms with Gasteiger partial charge in [-0.2, -0.15) is 0 Å². The zero-order chi connectivity index (χ0) is 10.8. The molecule has 1 amide bonds. The third-order valence-electron chi connectivity index (χ3n) is 1.63. The third-order valence-corrected chi connectivity index (χ3v) is 1.63. The highest BCUT2D eigenvalue weighted by molar-refractivity contribution is 5.82. The molecule has 1 rings (SSSR count). The zero-order valence-corrected chi connectivity index (χ0v) is 8.62. The summed E-state index contributed by atoms with van der Waals surface area (Å²) in [5, 5.41) is 2.45. The molecule has 14 heavy (non-hydrogen) atoms. The first-order valence-corrected chi connectivity index (χ1v) is 4.54. The predicted molar refractivity (Wildman–Crippen MR) is 48.7 cm³/mol. The number of alkyl carbamates (subject to hydrolysis) is 1. The molecule has 0 unspecified atom stereocenters. The summed E-state index contributed by atoms with van der Waals surface area (Å²) in [6, 6.07) is -0.551. The van der Waals surface area contributed by atoms with Crippen LogP contribution < -0.4 is 5.32 Å². The van der Waals surface area contributed by atoms with Crippen LogP contribution in [0.4, 0.5) is 4.79 Å². The summed E-state index contributed by atoms with van der Waals surface area (Å²) in [5.41, 5.74) is -0.549. The first-order chi connectivity index (χ1) is 6.38. The van der Waals surface area contributed by atoms with E-state index in [9.17, 15) is 9.59 Å². The average molecular weight is 201 g/mol. The van der Waals surface area contributed by atoms with Crippen molar-refractivity contribution in [3.05, 3.63) is 0 Å². The number of nitrogens with one attached hydrogen (secondary N) is 1. The quantitative estimate of drug-likeness (QED) is 0.638. The van der Waals surface area contributed by atoms with Crippen molar-refractivity contribution in [3.8, 4) is 0 Å². The molecule has 0 spiro atoms. The van der Waals surface area contributed by atoms with Crippen molar-refractivity contribution in [2.45, 2.75) is 38.8 Å². The van der Waals surface area contributed by atoms with Gasteiger partial charge in [-0.3, -0.25) is 0 Å².